The first-order chi connectivity index (χ1) is 6.33. The molecule has 0 bridgehead atoms. The molecule has 0 aromatic heterocycles. The zero-order chi connectivity index (χ0) is 10.8. The monoisotopic (exact) mass is 200 g/mol. The molecule has 1 aliphatic rings. The Labute approximate surface area is 87.7 Å². The summed E-state index contributed by atoms with van der Waals surface area (Å²) in [4.78, 5) is 0. The smallest absolute Gasteiger partial charge is 0.0913 e. The van der Waals surface area contributed by atoms with Gasteiger partial charge in [-0.1, -0.05) is 20.8 Å². The van der Waals surface area contributed by atoms with Crippen LogP contribution in [0.2, 0.25) is 0 Å². The quantitative estimate of drug-likeness (QED) is 0.759. The summed E-state index contributed by atoms with van der Waals surface area (Å²) < 4.78 is 5.62. The van der Waals surface area contributed by atoms with Gasteiger partial charge in [0.2, 0.25) is 0 Å². The topological polar surface area (TPSA) is 29.5 Å². The van der Waals surface area contributed by atoms with E-state index in [-0.39, 0.29) is 11.7 Å². The minimum atomic E-state index is -0.302. The Kier molecular flexibility index (Phi) is 3.59. The van der Waals surface area contributed by atoms with Crippen molar-refractivity contribution in [2.75, 3.05) is 6.61 Å². The van der Waals surface area contributed by atoms with E-state index >= 15 is 0 Å². The molecule has 2 heteroatoms. The van der Waals surface area contributed by atoms with Gasteiger partial charge in [-0.2, -0.15) is 0 Å². The molecule has 1 saturated heterocycles. The van der Waals surface area contributed by atoms with E-state index in [4.69, 9.17) is 4.74 Å². The molecular weight excluding hydrogens is 176 g/mol. The molecule has 0 saturated carbocycles. The predicted molar refractivity (Wildman–Crippen MR) is 58.3 cm³/mol. The second kappa shape index (κ2) is 4.19. The lowest BCUT2D eigenvalue weighted by atomic mass is 9.84. The summed E-state index contributed by atoms with van der Waals surface area (Å²) in [6.45, 7) is 9.46. The SMILES string of the molecule is CC(C)(C)CCC(O)C1(C)CCCO1. The minimum Gasteiger partial charge on any atom is -0.390 e. The number of hydrogen-bond acceptors (Lipinski definition) is 2. The Morgan fingerprint density at radius 3 is 2.50 bits per heavy atom. The Morgan fingerprint density at radius 2 is 2.07 bits per heavy atom. The van der Waals surface area contributed by atoms with Crippen molar-refractivity contribution < 1.29 is 9.84 Å². The summed E-state index contributed by atoms with van der Waals surface area (Å²) in [6.07, 6.45) is 3.68. The molecule has 2 unspecified atom stereocenters. The van der Waals surface area contributed by atoms with Gasteiger partial charge >= 0.3 is 0 Å². The van der Waals surface area contributed by atoms with Crippen LogP contribution in [0.4, 0.5) is 0 Å². The number of aliphatic hydroxyl groups is 1. The van der Waals surface area contributed by atoms with Crippen LogP contribution in [0.3, 0.4) is 0 Å². The average Bonchev–Trinajstić information content (AvgIpc) is 2.48. The average molecular weight is 200 g/mol. The highest BCUT2D eigenvalue weighted by Crippen LogP contribution is 2.32. The Hall–Kier alpha value is -0.0800. The van der Waals surface area contributed by atoms with Crippen molar-refractivity contribution >= 4 is 0 Å². The van der Waals surface area contributed by atoms with Gasteiger partial charge < -0.3 is 9.84 Å². The van der Waals surface area contributed by atoms with Gasteiger partial charge in [-0.15, -0.1) is 0 Å². The van der Waals surface area contributed by atoms with E-state index in [0.717, 1.165) is 32.3 Å². The van der Waals surface area contributed by atoms with Crippen molar-refractivity contribution in [1.29, 1.82) is 0 Å². The highest BCUT2D eigenvalue weighted by Gasteiger charge is 2.37. The third-order valence-electron chi connectivity index (χ3n) is 3.12. The van der Waals surface area contributed by atoms with Gasteiger partial charge in [0.25, 0.3) is 0 Å². The van der Waals surface area contributed by atoms with Crippen LogP contribution in [0, 0.1) is 5.41 Å². The molecule has 1 fully saturated rings. The van der Waals surface area contributed by atoms with E-state index < -0.39 is 0 Å². The fraction of sp³-hybridized carbons (Fsp3) is 1.00. The summed E-state index contributed by atoms with van der Waals surface area (Å²) in [5.74, 6) is 0. The molecule has 0 aromatic rings. The Balaban J connectivity index is 2.37. The van der Waals surface area contributed by atoms with Gasteiger partial charge in [0, 0.05) is 6.61 Å². The lowest BCUT2D eigenvalue weighted by molar-refractivity contribution is -0.0831. The molecular formula is C12H24O2. The molecule has 2 nitrogen and oxygen atoms in total. The third kappa shape index (κ3) is 3.25. The number of rotatable bonds is 3. The minimum absolute atomic E-state index is 0.273. The first-order valence-corrected chi connectivity index (χ1v) is 5.66. The lowest BCUT2D eigenvalue weighted by Gasteiger charge is -2.31. The molecule has 1 rings (SSSR count). The van der Waals surface area contributed by atoms with Crippen LogP contribution in [0.5, 0.6) is 0 Å². The van der Waals surface area contributed by atoms with Gasteiger partial charge in [-0.3, -0.25) is 0 Å². The zero-order valence-electron chi connectivity index (χ0n) is 9.97. The maximum atomic E-state index is 10.0. The van der Waals surface area contributed by atoms with Gasteiger partial charge in [0.1, 0.15) is 0 Å². The summed E-state index contributed by atoms with van der Waals surface area (Å²) in [5, 5.41) is 10.0. The Bertz CT molecular complexity index is 175. The van der Waals surface area contributed by atoms with Crippen LogP contribution in [0.15, 0.2) is 0 Å². The molecule has 1 aliphatic heterocycles. The van der Waals surface area contributed by atoms with E-state index in [1.165, 1.54) is 0 Å². The molecule has 0 amide bonds. The molecule has 14 heavy (non-hydrogen) atoms. The van der Waals surface area contributed by atoms with Crippen molar-refractivity contribution in [2.24, 2.45) is 5.41 Å². The van der Waals surface area contributed by atoms with E-state index in [1.54, 1.807) is 0 Å². The van der Waals surface area contributed by atoms with Gasteiger partial charge in [-0.25, -0.2) is 0 Å². The van der Waals surface area contributed by atoms with Crippen molar-refractivity contribution in [3.63, 3.8) is 0 Å². The fourth-order valence-corrected chi connectivity index (χ4v) is 1.94. The van der Waals surface area contributed by atoms with Crippen LogP contribution >= 0.6 is 0 Å². The normalized spacial score (nSPS) is 30.6. The second-order valence-corrected chi connectivity index (χ2v) is 5.88. The van der Waals surface area contributed by atoms with E-state index in [0.29, 0.717) is 5.41 Å². The van der Waals surface area contributed by atoms with E-state index in [2.05, 4.69) is 20.8 Å². The second-order valence-electron chi connectivity index (χ2n) is 5.88. The first-order valence-electron chi connectivity index (χ1n) is 5.66. The fourth-order valence-electron chi connectivity index (χ4n) is 1.94. The predicted octanol–water partition coefficient (Wildman–Crippen LogP) is 2.74. The number of aliphatic hydroxyl groups excluding tert-OH is 1. The van der Waals surface area contributed by atoms with Crippen molar-refractivity contribution in [3.8, 4) is 0 Å². The molecule has 0 aliphatic carbocycles. The highest BCUT2D eigenvalue weighted by molar-refractivity contribution is 4.88. The molecule has 0 radical (unpaired) electrons. The van der Waals surface area contributed by atoms with Gasteiger partial charge in [0.05, 0.1) is 11.7 Å². The largest absolute Gasteiger partial charge is 0.390 e. The molecule has 1 heterocycles. The molecule has 1 N–H and O–H groups in total. The molecule has 84 valence electrons. The van der Waals surface area contributed by atoms with Gasteiger partial charge in [0.15, 0.2) is 0 Å². The van der Waals surface area contributed by atoms with Crippen molar-refractivity contribution in [2.45, 2.75) is 65.1 Å². The first kappa shape index (κ1) is 12.0. The summed E-state index contributed by atoms with van der Waals surface area (Å²) >= 11 is 0. The maximum absolute atomic E-state index is 10.0. The summed E-state index contributed by atoms with van der Waals surface area (Å²) in [5.41, 5.74) is 0.0290. The maximum Gasteiger partial charge on any atom is 0.0913 e. The lowest BCUT2D eigenvalue weighted by Crippen LogP contribution is -2.39. The van der Waals surface area contributed by atoms with Crippen LogP contribution < -0.4 is 0 Å². The van der Waals surface area contributed by atoms with E-state index in [9.17, 15) is 5.11 Å². The Morgan fingerprint density at radius 1 is 1.43 bits per heavy atom. The highest BCUT2D eigenvalue weighted by atomic mass is 16.5. The zero-order valence-corrected chi connectivity index (χ0v) is 9.97. The summed E-state index contributed by atoms with van der Waals surface area (Å²) in [7, 11) is 0. The third-order valence-corrected chi connectivity index (χ3v) is 3.12. The van der Waals surface area contributed by atoms with E-state index in [1.807, 2.05) is 6.92 Å². The van der Waals surface area contributed by atoms with Crippen molar-refractivity contribution in [1.82, 2.24) is 0 Å². The summed E-state index contributed by atoms with van der Waals surface area (Å²) in [6, 6.07) is 0. The molecule has 2 atom stereocenters. The molecule has 0 aromatic carbocycles. The van der Waals surface area contributed by atoms with Crippen LogP contribution in [0.25, 0.3) is 0 Å². The van der Waals surface area contributed by atoms with Crippen molar-refractivity contribution in [3.05, 3.63) is 0 Å². The number of hydrogen-bond donors (Lipinski definition) is 1. The van der Waals surface area contributed by atoms with Crippen LogP contribution in [0.1, 0.15) is 53.4 Å². The van der Waals surface area contributed by atoms with Crippen LogP contribution in [-0.4, -0.2) is 23.4 Å². The molecule has 0 spiro atoms. The van der Waals surface area contributed by atoms with Gasteiger partial charge in [-0.05, 0) is 38.0 Å². The van der Waals surface area contributed by atoms with Crippen LogP contribution in [-0.2, 0) is 4.74 Å². The number of ether oxygens (including phenoxy) is 1. The standard InChI is InChI=1S/C12H24O2/c1-11(2,3)8-6-10(13)12(4)7-5-9-14-12/h10,13H,5-9H2,1-4H3.